The standard InChI is InChI=1S/C21H28O2/c1-13(19-11-16(4)21(23)17(5)12-19)7-6-8-18-9-14(2)20(22)15(3)10-18/h9-13,22-23H,6-8H2,1-5H3. The average Bonchev–Trinajstić information content (AvgIpc) is 2.49. The van der Waals surface area contributed by atoms with E-state index in [4.69, 9.17) is 0 Å². The van der Waals surface area contributed by atoms with E-state index in [1.807, 2.05) is 27.7 Å². The number of benzene rings is 2. The van der Waals surface area contributed by atoms with Crippen molar-refractivity contribution in [2.24, 2.45) is 0 Å². The molecule has 2 rings (SSSR count). The van der Waals surface area contributed by atoms with Gasteiger partial charge in [0.1, 0.15) is 11.5 Å². The SMILES string of the molecule is Cc1cc(CCCC(C)c2cc(C)c(O)c(C)c2)cc(C)c1O. The average molecular weight is 312 g/mol. The molecule has 0 amide bonds. The van der Waals surface area contributed by atoms with Crippen LogP contribution in [0, 0.1) is 27.7 Å². The van der Waals surface area contributed by atoms with Crippen LogP contribution in [-0.4, -0.2) is 10.2 Å². The molecular formula is C21H28O2. The Hall–Kier alpha value is -1.96. The number of aryl methyl sites for hydroxylation is 5. The van der Waals surface area contributed by atoms with Crippen LogP contribution in [0.3, 0.4) is 0 Å². The molecule has 124 valence electrons. The molecule has 0 aromatic heterocycles. The van der Waals surface area contributed by atoms with Crippen LogP contribution < -0.4 is 0 Å². The van der Waals surface area contributed by atoms with Gasteiger partial charge in [-0.3, -0.25) is 0 Å². The molecule has 0 spiro atoms. The van der Waals surface area contributed by atoms with Crippen molar-refractivity contribution in [3.8, 4) is 11.5 Å². The highest BCUT2D eigenvalue weighted by Gasteiger charge is 2.10. The second kappa shape index (κ2) is 7.08. The van der Waals surface area contributed by atoms with E-state index in [1.54, 1.807) is 0 Å². The minimum atomic E-state index is 0.413. The molecular weight excluding hydrogens is 284 g/mol. The number of aromatic hydroxyl groups is 2. The Balaban J connectivity index is 1.99. The Morgan fingerprint density at radius 3 is 1.70 bits per heavy atom. The Bertz CT molecular complexity index is 655. The topological polar surface area (TPSA) is 40.5 Å². The molecule has 2 N–H and O–H groups in total. The molecule has 2 aromatic rings. The van der Waals surface area contributed by atoms with E-state index in [-0.39, 0.29) is 0 Å². The lowest BCUT2D eigenvalue weighted by Crippen LogP contribution is -1.98. The molecule has 0 saturated heterocycles. The first kappa shape index (κ1) is 17.4. The normalized spacial score (nSPS) is 12.4. The van der Waals surface area contributed by atoms with E-state index < -0.39 is 0 Å². The highest BCUT2D eigenvalue weighted by Crippen LogP contribution is 2.30. The summed E-state index contributed by atoms with van der Waals surface area (Å²) in [4.78, 5) is 0. The fraction of sp³-hybridized carbons (Fsp3) is 0.429. The van der Waals surface area contributed by atoms with Crippen molar-refractivity contribution in [1.82, 2.24) is 0 Å². The zero-order valence-electron chi connectivity index (χ0n) is 14.9. The van der Waals surface area contributed by atoms with Crippen LogP contribution >= 0.6 is 0 Å². The molecule has 2 aromatic carbocycles. The highest BCUT2D eigenvalue weighted by atomic mass is 16.3. The van der Waals surface area contributed by atoms with E-state index in [1.165, 1.54) is 11.1 Å². The van der Waals surface area contributed by atoms with Gasteiger partial charge >= 0.3 is 0 Å². The Morgan fingerprint density at radius 1 is 0.783 bits per heavy atom. The number of hydrogen-bond donors (Lipinski definition) is 2. The van der Waals surface area contributed by atoms with Gasteiger partial charge in [-0.05, 0) is 86.3 Å². The van der Waals surface area contributed by atoms with Gasteiger partial charge < -0.3 is 10.2 Å². The van der Waals surface area contributed by atoms with Crippen LogP contribution in [0.2, 0.25) is 0 Å². The third kappa shape index (κ3) is 4.07. The minimum absolute atomic E-state index is 0.413. The predicted octanol–water partition coefficient (Wildman–Crippen LogP) is 5.46. The molecule has 0 bridgehead atoms. The van der Waals surface area contributed by atoms with Crippen molar-refractivity contribution < 1.29 is 10.2 Å². The third-order valence-electron chi connectivity index (χ3n) is 4.74. The second-order valence-corrected chi connectivity index (χ2v) is 6.87. The monoisotopic (exact) mass is 312 g/mol. The number of hydrogen-bond acceptors (Lipinski definition) is 2. The summed E-state index contributed by atoms with van der Waals surface area (Å²) >= 11 is 0. The lowest BCUT2D eigenvalue weighted by Gasteiger charge is -2.15. The highest BCUT2D eigenvalue weighted by molar-refractivity contribution is 5.43. The Kier molecular flexibility index (Phi) is 5.35. The summed E-state index contributed by atoms with van der Waals surface area (Å²) in [7, 11) is 0. The lowest BCUT2D eigenvalue weighted by atomic mass is 9.91. The molecule has 0 aliphatic carbocycles. The molecule has 2 heteroatoms. The van der Waals surface area contributed by atoms with Crippen LogP contribution in [0.4, 0.5) is 0 Å². The van der Waals surface area contributed by atoms with Gasteiger partial charge in [-0.15, -0.1) is 0 Å². The Morgan fingerprint density at radius 2 is 1.22 bits per heavy atom. The summed E-state index contributed by atoms with van der Waals surface area (Å²) in [5.41, 5.74) is 6.42. The van der Waals surface area contributed by atoms with E-state index in [2.05, 4.69) is 31.2 Å². The first-order valence-electron chi connectivity index (χ1n) is 8.38. The van der Waals surface area contributed by atoms with Crippen LogP contribution in [0.25, 0.3) is 0 Å². The molecule has 0 radical (unpaired) electrons. The van der Waals surface area contributed by atoms with Gasteiger partial charge in [0, 0.05) is 0 Å². The number of phenolic OH excluding ortho intramolecular Hbond substituents is 2. The molecule has 0 fully saturated rings. The molecule has 0 aliphatic heterocycles. The summed E-state index contributed by atoms with van der Waals surface area (Å²) in [6, 6.07) is 8.37. The van der Waals surface area contributed by atoms with E-state index in [0.717, 1.165) is 41.5 Å². The molecule has 0 heterocycles. The molecule has 23 heavy (non-hydrogen) atoms. The summed E-state index contributed by atoms with van der Waals surface area (Å²) < 4.78 is 0. The fourth-order valence-corrected chi connectivity index (χ4v) is 3.24. The van der Waals surface area contributed by atoms with Gasteiger partial charge in [0.25, 0.3) is 0 Å². The van der Waals surface area contributed by atoms with Crippen LogP contribution in [0.15, 0.2) is 24.3 Å². The maximum atomic E-state index is 9.89. The maximum Gasteiger partial charge on any atom is 0.121 e. The zero-order valence-corrected chi connectivity index (χ0v) is 14.9. The first-order chi connectivity index (χ1) is 10.8. The Labute approximate surface area is 139 Å². The summed E-state index contributed by atoms with van der Waals surface area (Å²) in [6.07, 6.45) is 3.26. The molecule has 0 saturated carbocycles. The first-order valence-corrected chi connectivity index (χ1v) is 8.38. The fourth-order valence-electron chi connectivity index (χ4n) is 3.24. The summed E-state index contributed by atoms with van der Waals surface area (Å²) in [5, 5.41) is 19.7. The maximum absolute atomic E-state index is 9.89. The van der Waals surface area contributed by atoms with Crippen molar-refractivity contribution in [1.29, 1.82) is 0 Å². The minimum Gasteiger partial charge on any atom is -0.507 e. The van der Waals surface area contributed by atoms with Crippen molar-refractivity contribution in [2.45, 2.75) is 59.8 Å². The largest absolute Gasteiger partial charge is 0.507 e. The van der Waals surface area contributed by atoms with Crippen molar-refractivity contribution in [3.05, 3.63) is 57.6 Å². The lowest BCUT2D eigenvalue weighted by molar-refractivity contribution is 0.465. The van der Waals surface area contributed by atoms with Gasteiger partial charge in [0.05, 0.1) is 0 Å². The van der Waals surface area contributed by atoms with Gasteiger partial charge in [-0.1, -0.05) is 31.2 Å². The van der Waals surface area contributed by atoms with E-state index in [0.29, 0.717) is 17.4 Å². The van der Waals surface area contributed by atoms with Gasteiger partial charge in [0.15, 0.2) is 0 Å². The van der Waals surface area contributed by atoms with Crippen molar-refractivity contribution in [2.75, 3.05) is 0 Å². The van der Waals surface area contributed by atoms with Crippen LogP contribution in [0.5, 0.6) is 11.5 Å². The van der Waals surface area contributed by atoms with Crippen LogP contribution in [-0.2, 0) is 6.42 Å². The smallest absolute Gasteiger partial charge is 0.121 e. The van der Waals surface area contributed by atoms with Gasteiger partial charge in [-0.2, -0.15) is 0 Å². The number of rotatable bonds is 5. The third-order valence-corrected chi connectivity index (χ3v) is 4.74. The van der Waals surface area contributed by atoms with Crippen molar-refractivity contribution >= 4 is 0 Å². The molecule has 1 atom stereocenters. The summed E-state index contributed by atoms with van der Waals surface area (Å²) in [5.74, 6) is 1.31. The van der Waals surface area contributed by atoms with Crippen molar-refractivity contribution in [3.63, 3.8) is 0 Å². The van der Waals surface area contributed by atoms with Gasteiger partial charge in [0.2, 0.25) is 0 Å². The zero-order chi connectivity index (χ0) is 17.1. The molecule has 2 nitrogen and oxygen atoms in total. The van der Waals surface area contributed by atoms with E-state index >= 15 is 0 Å². The second-order valence-electron chi connectivity index (χ2n) is 6.87. The van der Waals surface area contributed by atoms with Crippen LogP contribution in [0.1, 0.15) is 59.1 Å². The number of phenols is 2. The molecule has 1 unspecified atom stereocenters. The molecule has 0 aliphatic rings. The quantitative estimate of drug-likeness (QED) is 0.770. The summed E-state index contributed by atoms with van der Waals surface area (Å²) in [6.45, 7) is 10.1. The predicted molar refractivity (Wildman–Crippen MR) is 96.5 cm³/mol. The van der Waals surface area contributed by atoms with Gasteiger partial charge in [-0.25, -0.2) is 0 Å². The van der Waals surface area contributed by atoms with E-state index in [9.17, 15) is 10.2 Å².